The highest BCUT2D eigenvalue weighted by molar-refractivity contribution is 8.00. The van der Waals surface area contributed by atoms with Gasteiger partial charge < -0.3 is 0 Å². The maximum atomic E-state index is 13.6. The van der Waals surface area contributed by atoms with Gasteiger partial charge in [-0.25, -0.2) is 4.39 Å². The van der Waals surface area contributed by atoms with Crippen LogP contribution < -0.4 is 4.90 Å². The fourth-order valence-electron chi connectivity index (χ4n) is 2.53. The van der Waals surface area contributed by atoms with E-state index >= 15 is 0 Å². The zero-order valence-electron chi connectivity index (χ0n) is 11.9. The standard InChI is InChI=1S/C17H13FN2OS/c1-11-5-6-14(18)8-15(11)20-16(21)10-22-17(20)13-4-2-3-12(7-13)9-19/h2-8,17H,10H2,1H3. The van der Waals surface area contributed by atoms with Crippen LogP contribution in [0.25, 0.3) is 0 Å². The zero-order valence-corrected chi connectivity index (χ0v) is 12.7. The number of benzene rings is 2. The zero-order chi connectivity index (χ0) is 15.7. The molecule has 1 saturated heterocycles. The quantitative estimate of drug-likeness (QED) is 0.847. The molecule has 1 fully saturated rings. The molecule has 1 aliphatic rings. The number of nitriles is 1. The van der Waals surface area contributed by atoms with Crippen LogP contribution in [0.15, 0.2) is 42.5 Å². The molecule has 110 valence electrons. The average Bonchev–Trinajstić information content (AvgIpc) is 2.91. The third kappa shape index (κ3) is 2.58. The van der Waals surface area contributed by atoms with E-state index in [4.69, 9.17) is 5.26 Å². The average molecular weight is 312 g/mol. The van der Waals surface area contributed by atoms with Crippen LogP contribution in [0.3, 0.4) is 0 Å². The molecule has 3 rings (SSSR count). The van der Waals surface area contributed by atoms with Gasteiger partial charge in [0, 0.05) is 0 Å². The summed E-state index contributed by atoms with van der Waals surface area (Å²) in [5, 5.41) is 8.80. The van der Waals surface area contributed by atoms with Crippen LogP contribution in [0.1, 0.15) is 22.1 Å². The molecule has 0 aliphatic carbocycles. The van der Waals surface area contributed by atoms with Crippen molar-refractivity contribution in [2.45, 2.75) is 12.3 Å². The predicted molar refractivity (Wildman–Crippen MR) is 85.0 cm³/mol. The first-order valence-electron chi connectivity index (χ1n) is 6.80. The van der Waals surface area contributed by atoms with Crippen molar-refractivity contribution < 1.29 is 9.18 Å². The van der Waals surface area contributed by atoms with Gasteiger partial charge in [-0.3, -0.25) is 9.69 Å². The molecule has 22 heavy (non-hydrogen) atoms. The van der Waals surface area contributed by atoms with Gasteiger partial charge in [0.1, 0.15) is 11.2 Å². The van der Waals surface area contributed by atoms with Gasteiger partial charge in [-0.1, -0.05) is 18.2 Å². The lowest BCUT2D eigenvalue weighted by molar-refractivity contribution is -0.115. The Labute approximate surface area is 132 Å². The van der Waals surface area contributed by atoms with Crippen LogP contribution in [-0.2, 0) is 4.79 Å². The molecule has 1 heterocycles. The summed E-state index contributed by atoms with van der Waals surface area (Å²) in [5.74, 6) is -0.0712. The van der Waals surface area contributed by atoms with Crippen LogP contribution in [0.4, 0.5) is 10.1 Å². The van der Waals surface area contributed by atoms with Crippen molar-refractivity contribution in [1.29, 1.82) is 5.26 Å². The summed E-state index contributed by atoms with van der Waals surface area (Å²) >= 11 is 1.48. The Morgan fingerprint density at radius 2 is 2.14 bits per heavy atom. The molecule has 2 aromatic rings. The fourth-order valence-corrected chi connectivity index (χ4v) is 3.69. The number of thioether (sulfide) groups is 1. The van der Waals surface area contributed by atoms with Crippen LogP contribution in [-0.4, -0.2) is 11.7 Å². The number of rotatable bonds is 2. The normalized spacial score (nSPS) is 17.6. The van der Waals surface area contributed by atoms with Crippen molar-refractivity contribution in [3.63, 3.8) is 0 Å². The van der Waals surface area contributed by atoms with Gasteiger partial charge in [-0.15, -0.1) is 11.8 Å². The highest BCUT2D eigenvalue weighted by Gasteiger charge is 2.35. The molecule has 1 amide bonds. The fraction of sp³-hybridized carbons (Fsp3) is 0.176. The van der Waals surface area contributed by atoms with E-state index in [1.807, 2.05) is 13.0 Å². The Balaban J connectivity index is 2.06. The summed E-state index contributed by atoms with van der Waals surface area (Å²) in [4.78, 5) is 13.9. The lowest BCUT2D eigenvalue weighted by Crippen LogP contribution is -2.28. The van der Waals surface area contributed by atoms with Gasteiger partial charge in [0.2, 0.25) is 5.91 Å². The van der Waals surface area contributed by atoms with Gasteiger partial charge in [-0.05, 0) is 42.3 Å². The van der Waals surface area contributed by atoms with E-state index in [0.717, 1.165) is 11.1 Å². The molecule has 3 nitrogen and oxygen atoms in total. The molecule has 1 atom stereocenters. The molecule has 0 spiro atoms. The number of carbonyl (C=O) groups is 1. The van der Waals surface area contributed by atoms with Crippen molar-refractivity contribution in [3.8, 4) is 6.07 Å². The Bertz CT molecular complexity index is 784. The number of nitrogens with zero attached hydrogens (tertiary/aromatic N) is 2. The Morgan fingerprint density at radius 1 is 1.32 bits per heavy atom. The van der Waals surface area contributed by atoms with Crippen molar-refractivity contribution in [2.24, 2.45) is 0 Å². The molecule has 0 radical (unpaired) electrons. The smallest absolute Gasteiger partial charge is 0.238 e. The topological polar surface area (TPSA) is 44.1 Å². The van der Waals surface area contributed by atoms with Crippen LogP contribution in [0, 0.1) is 24.1 Å². The molecule has 1 aliphatic heterocycles. The molecule has 1 unspecified atom stereocenters. The van der Waals surface area contributed by atoms with E-state index < -0.39 is 0 Å². The van der Waals surface area contributed by atoms with Gasteiger partial charge >= 0.3 is 0 Å². The minimum absolute atomic E-state index is 0.0499. The van der Waals surface area contributed by atoms with Crippen LogP contribution >= 0.6 is 11.8 Å². The van der Waals surface area contributed by atoms with Crippen LogP contribution in [0.5, 0.6) is 0 Å². The first kappa shape index (κ1) is 14.6. The van der Waals surface area contributed by atoms with Gasteiger partial charge in [0.25, 0.3) is 0 Å². The summed E-state index contributed by atoms with van der Waals surface area (Å²) in [6, 6.07) is 13.7. The number of hydrogen-bond acceptors (Lipinski definition) is 3. The summed E-state index contributed by atoms with van der Waals surface area (Å²) in [6.45, 7) is 1.85. The lowest BCUT2D eigenvalue weighted by Gasteiger charge is -2.26. The number of hydrogen-bond donors (Lipinski definition) is 0. The van der Waals surface area contributed by atoms with E-state index in [1.54, 1.807) is 29.2 Å². The highest BCUT2D eigenvalue weighted by atomic mass is 32.2. The first-order chi connectivity index (χ1) is 10.6. The van der Waals surface area contributed by atoms with Crippen molar-refractivity contribution in [1.82, 2.24) is 0 Å². The molecule has 2 aromatic carbocycles. The third-order valence-electron chi connectivity index (χ3n) is 3.60. The summed E-state index contributed by atoms with van der Waals surface area (Å²) in [6.07, 6.45) is 0. The Hall–Kier alpha value is -2.32. The van der Waals surface area contributed by atoms with E-state index in [2.05, 4.69) is 6.07 Å². The number of carbonyl (C=O) groups excluding carboxylic acids is 1. The maximum Gasteiger partial charge on any atom is 0.238 e. The number of halogens is 1. The number of anilines is 1. The van der Waals surface area contributed by atoms with E-state index in [1.165, 1.54) is 23.9 Å². The van der Waals surface area contributed by atoms with E-state index in [0.29, 0.717) is 17.0 Å². The molecular formula is C17H13FN2OS. The monoisotopic (exact) mass is 312 g/mol. The molecule has 0 saturated carbocycles. The van der Waals surface area contributed by atoms with Gasteiger partial charge in [0.15, 0.2) is 0 Å². The molecule has 0 bridgehead atoms. The second-order valence-corrected chi connectivity index (χ2v) is 6.16. The maximum absolute atomic E-state index is 13.6. The second-order valence-electron chi connectivity index (χ2n) is 5.10. The largest absolute Gasteiger partial charge is 0.295 e. The highest BCUT2D eigenvalue weighted by Crippen LogP contribution is 2.43. The van der Waals surface area contributed by atoms with Crippen molar-refractivity contribution in [3.05, 3.63) is 65.0 Å². The van der Waals surface area contributed by atoms with Gasteiger partial charge in [0.05, 0.1) is 23.1 Å². The first-order valence-corrected chi connectivity index (χ1v) is 7.85. The SMILES string of the molecule is Cc1ccc(F)cc1N1C(=O)CSC1c1cccc(C#N)c1. The Kier molecular flexibility index (Phi) is 3.86. The van der Waals surface area contributed by atoms with E-state index in [9.17, 15) is 9.18 Å². The minimum atomic E-state index is -0.366. The van der Waals surface area contributed by atoms with Crippen molar-refractivity contribution in [2.75, 3.05) is 10.7 Å². The molecule has 0 aromatic heterocycles. The number of amides is 1. The number of aryl methyl sites for hydroxylation is 1. The summed E-state index contributed by atoms with van der Waals surface area (Å²) in [7, 11) is 0. The Morgan fingerprint density at radius 3 is 2.91 bits per heavy atom. The summed E-state index contributed by atoms with van der Waals surface area (Å²) < 4.78 is 13.6. The minimum Gasteiger partial charge on any atom is -0.295 e. The third-order valence-corrected chi connectivity index (χ3v) is 4.81. The second kappa shape index (κ2) is 5.82. The molecule has 5 heteroatoms. The van der Waals surface area contributed by atoms with Gasteiger partial charge in [-0.2, -0.15) is 5.26 Å². The summed E-state index contributed by atoms with van der Waals surface area (Å²) in [5.41, 5.74) is 2.85. The van der Waals surface area contributed by atoms with Crippen molar-refractivity contribution >= 4 is 23.4 Å². The van der Waals surface area contributed by atoms with Crippen LogP contribution in [0.2, 0.25) is 0 Å². The lowest BCUT2D eigenvalue weighted by atomic mass is 10.1. The predicted octanol–water partition coefficient (Wildman–Crippen LogP) is 3.78. The molecule has 0 N–H and O–H groups in total. The van der Waals surface area contributed by atoms with E-state index in [-0.39, 0.29) is 17.1 Å². The molecular weight excluding hydrogens is 299 g/mol.